The predicted octanol–water partition coefficient (Wildman–Crippen LogP) is 3.34. The van der Waals surface area contributed by atoms with E-state index in [9.17, 15) is 0 Å². The third-order valence-corrected chi connectivity index (χ3v) is 2.86. The first-order valence-electron chi connectivity index (χ1n) is 5.88. The summed E-state index contributed by atoms with van der Waals surface area (Å²) in [6.07, 6.45) is 3.26. The summed E-state index contributed by atoms with van der Waals surface area (Å²) in [5.41, 5.74) is 1.96. The molecule has 0 aliphatic rings. The number of hydrogen-bond donors (Lipinski definition) is 0. The zero-order valence-electron chi connectivity index (χ0n) is 10.2. The number of ether oxygens (including phenoxy) is 1. The quantitative estimate of drug-likeness (QED) is 0.775. The Morgan fingerprint density at radius 1 is 1.17 bits per heavy atom. The number of halogens is 1. The van der Waals surface area contributed by atoms with E-state index in [1.54, 1.807) is 12.4 Å². The maximum atomic E-state index is 5.73. The third-order valence-electron chi connectivity index (χ3n) is 2.55. The van der Waals surface area contributed by atoms with Gasteiger partial charge >= 0.3 is 0 Å². The molecule has 0 aliphatic heterocycles. The van der Waals surface area contributed by atoms with Crippen molar-refractivity contribution in [1.82, 2.24) is 9.97 Å². The second kappa shape index (κ2) is 6.47. The minimum Gasteiger partial charge on any atom is -0.366 e. The molecule has 0 bridgehead atoms. The van der Waals surface area contributed by atoms with Crippen LogP contribution in [0.2, 0.25) is 0 Å². The molecule has 18 heavy (non-hydrogen) atoms. The fraction of sp³-hybridized carbons (Fsp3) is 0.286. The van der Waals surface area contributed by atoms with Gasteiger partial charge in [-0.2, -0.15) is 0 Å². The Labute approximate surface area is 112 Å². The molecule has 0 saturated carbocycles. The SMILES string of the molecule is CCOC(c1ccccc1)c1ncc(CCl)cn1. The van der Waals surface area contributed by atoms with Gasteiger partial charge in [0, 0.05) is 24.6 Å². The molecule has 4 heteroatoms. The molecule has 1 aromatic heterocycles. The van der Waals surface area contributed by atoms with E-state index in [1.807, 2.05) is 37.3 Å². The minimum absolute atomic E-state index is 0.222. The molecule has 0 amide bonds. The van der Waals surface area contributed by atoms with Crippen molar-refractivity contribution < 1.29 is 4.74 Å². The summed E-state index contributed by atoms with van der Waals surface area (Å²) in [7, 11) is 0. The van der Waals surface area contributed by atoms with Gasteiger partial charge in [-0.3, -0.25) is 0 Å². The molecule has 0 fully saturated rings. The summed E-state index contributed by atoms with van der Waals surface area (Å²) in [4.78, 5) is 8.65. The number of nitrogens with zero attached hydrogens (tertiary/aromatic N) is 2. The van der Waals surface area contributed by atoms with Crippen LogP contribution in [0.15, 0.2) is 42.7 Å². The maximum Gasteiger partial charge on any atom is 0.161 e. The summed E-state index contributed by atoms with van der Waals surface area (Å²) in [5.74, 6) is 1.09. The Balaban J connectivity index is 2.29. The van der Waals surface area contributed by atoms with Gasteiger partial charge in [0.15, 0.2) is 5.82 Å². The molecular weight excluding hydrogens is 248 g/mol. The van der Waals surface area contributed by atoms with Gasteiger partial charge in [-0.15, -0.1) is 11.6 Å². The van der Waals surface area contributed by atoms with E-state index in [0.29, 0.717) is 18.3 Å². The van der Waals surface area contributed by atoms with E-state index >= 15 is 0 Å². The number of rotatable bonds is 5. The van der Waals surface area contributed by atoms with Crippen LogP contribution in [0.25, 0.3) is 0 Å². The zero-order chi connectivity index (χ0) is 12.8. The van der Waals surface area contributed by atoms with Gasteiger partial charge in [-0.05, 0) is 12.5 Å². The molecule has 1 aromatic carbocycles. The molecule has 0 aliphatic carbocycles. The Bertz CT molecular complexity index is 473. The molecule has 2 aromatic rings. The molecule has 94 valence electrons. The first kappa shape index (κ1) is 13.0. The molecule has 0 saturated heterocycles. The molecule has 2 rings (SSSR count). The summed E-state index contributed by atoms with van der Waals surface area (Å²) in [6, 6.07) is 9.96. The summed E-state index contributed by atoms with van der Waals surface area (Å²) >= 11 is 5.73. The van der Waals surface area contributed by atoms with E-state index in [1.165, 1.54) is 0 Å². The van der Waals surface area contributed by atoms with Crippen molar-refractivity contribution in [1.29, 1.82) is 0 Å². The first-order valence-corrected chi connectivity index (χ1v) is 6.42. The van der Waals surface area contributed by atoms with Crippen molar-refractivity contribution in [2.45, 2.75) is 18.9 Å². The van der Waals surface area contributed by atoms with Crippen LogP contribution in [0.5, 0.6) is 0 Å². The highest BCUT2D eigenvalue weighted by atomic mass is 35.5. The highest BCUT2D eigenvalue weighted by Crippen LogP contribution is 2.22. The monoisotopic (exact) mass is 262 g/mol. The van der Waals surface area contributed by atoms with Gasteiger partial charge < -0.3 is 4.74 Å². The Morgan fingerprint density at radius 2 is 1.83 bits per heavy atom. The Morgan fingerprint density at radius 3 is 2.39 bits per heavy atom. The fourth-order valence-electron chi connectivity index (χ4n) is 1.68. The van der Waals surface area contributed by atoms with Crippen molar-refractivity contribution in [3.8, 4) is 0 Å². The average molecular weight is 263 g/mol. The lowest BCUT2D eigenvalue weighted by atomic mass is 10.1. The van der Waals surface area contributed by atoms with Gasteiger partial charge in [-0.1, -0.05) is 30.3 Å². The number of benzene rings is 1. The number of aromatic nitrogens is 2. The van der Waals surface area contributed by atoms with E-state index in [2.05, 4.69) is 9.97 Å². The summed E-state index contributed by atoms with van der Waals surface area (Å²) in [5, 5.41) is 0. The van der Waals surface area contributed by atoms with Crippen molar-refractivity contribution >= 4 is 11.6 Å². The van der Waals surface area contributed by atoms with Crippen molar-refractivity contribution in [2.24, 2.45) is 0 Å². The van der Waals surface area contributed by atoms with Crippen LogP contribution < -0.4 is 0 Å². The van der Waals surface area contributed by atoms with Crippen LogP contribution >= 0.6 is 11.6 Å². The minimum atomic E-state index is -0.222. The molecule has 0 spiro atoms. The van der Waals surface area contributed by atoms with Gasteiger partial charge in [0.25, 0.3) is 0 Å². The molecule has 1 atom stereocenters. The second-order valence-electron chi connectivity index (χ2n) is 3.83. The van der Waals surface area contributed by atoms with E-state index in [0.717, 1.165) is 11.1 Å². The van der Waals surface area contributed by atoms with Gasteiger partial charge in [0.1, 0.15) is 6.10 Å². The molecule has 1 unspecified atom stereocenters. The fourth-order valence-corrected chi connectivity index (χ4v) is 1.82. The van der Waals surface area contributed by atoms with Gasteiger partial charge in [0.2, 0.25) is 0 Å². The lowest BCUT2D eigenvalue weighted by molar-refractivity contribution is 0.0851. The van der Waals surface area contributed by atoms with Crippen LogP contribution in [-0.2, 0) is 10.6 Å². The molecule has 1 heterocycles. The lowest BCUT2D eigenvalue weighted by Crippen LogP contribution is -2.10. The molecule has 0 radical (unpaired) electrons. The van der Waals surface area contributed by atoms with Gasteiger partial charge in [0.05, 0.1) is 5.88 Å². The number of hydrogen-bond acceptors (Lipinski definition) is 3. The summed E-state index contributed by atoms with van der Waals surface area (Å²) in [6.45, 7) is 2.57. The van der Waals surface area contributed by atoms with Crippen molar-refractivity contribution in [3.63, 3.8) is 0 Å². The molecule has 0 N–H and O–H groups in total. The molecular formula is C14H15ClN2O. The highest BCUT2D eigenvalue weighted by molar-refractivity contribution is 6.17. The molecule has 3 nitrogen and oxygen atoms in total. The topological polar surface area (TPSA) is 35.0 Å². The second-order valence-corrected chi connectivity index (χ2v) is 4.10. The lowest BCUT2D eigenvalue weighted by Gasteiger charge is -2.16. The third kappa shape index (κ3) is 3.06. The van der Waals surface area contributed by atoms with Crippen LogP contribution in [0.4, 0.5) is 0 Å². The van der Waals surface area contributed by atoms with Crippen LogP contribution in [0.3, 0.4) is 0 Å². The Hall–Kier alpha value is -1.45. The van der Waals surface area contributed by atoms with Crippen LogP contribution in [0, 0.1) is 0 Å². The van der Waals surface area contributed by atoms with E-state index in [4.69, 9.17) is 16.3 Å². The van der Waals surface area contributed by atoms with E-state index < -0.39 is 0 Å². The maximum absolute atomic E-state index is 5.73. The zero-order valence-corrected chi connectivity index (χ0v) is 11.0. The Kier molecular flexibility index (Phi) is 4.67. The van der Waals surface area contributed by atoms with Gasteiger partial charge in [-0.25, -0.2) is 9.97 Å². The number of alkyl halides is 1. The van der Waals surface area contributed by atoms with Crippen LogP contribution in [0.1, 0.15) is 30.0 Å². The van der Waals surface area contributed by atoms with Crippen molar-refractivity contribution in [3.05, 3.63) is 59.7 Å². The van der Waals surface area contributed by atoms with Crippen LogP contribution in [-0.4, -0.2) is 16.6 Å². The van der Waals surface area contributed by atoms with E-state index in [-0.39, 0.29) is 6.10 Å². The standard InChI is InChI=1S/C14H15ClN2O/c1-2-18-13(12-6-4-3-5-7-12)14-16-9-11(8-15)10-17-14/h3-7,9-10,13H,2,8H2,1H3. The predicted molar refractivity (Wildman–Crippen MR) is 71.5 cm³/mol. The van der Waals surface area contributed by atoms with Crippen molar-refractivity contribution in [2.75, 3.05) is 6.61 Å². The smallest absolute Gasteiger partial charge is 0.161 e. The average Bonchev–Trinajstić information content (AvgIpc) is 2.46. The normalized spacial score (nSPS) is 12.3. The highest BCUT2D eigenvalue weighted by Gasteiger charge is 2.16. The summed E-state index contributed by atoms with van der Waals surface area (Å²) < 4.78 is 5.73. The first-order chi connectivity index (χ1) is 8.85. The largest absolute Gasteiger partial charge is 0.366 e.